The fourth-order valence-corrected chi connectivity index (χ4v) is 3.28. The minimum Gasteiger partial charge on any atom is -0.384 e. The van der Waals surface area contributed by atoms with Crippen molar-refractivity contribution in [2.75, 3.05) is 37.4 Å². The second kappa shape index (κ2) is 10.0. The summed E-state index contributed by atoms with van der Waals surface area (Å²) in [4.78, 5) is 30.7. The van der Waals surface area contributed by atoms with Crippen LogP contribution in [0.5, 0.6) is 0 Å². The summed E-state index contributed by atoms with van der Waals surface area (Å²) < 4.78 is 4.97. The monoisotopic (exact) mass is 396 g/mol. The summed E-state index contributed by atoms with van der Waals surface area (Å²) in [5.74, 6) is 0.698. The molecule has 1 aromatic heterocycles. The van der Waals surface area contributed by atoms with Gasteiger partial charge in [-0.3, -0.25) is 9.59 Å². The highest BCUT2D eigenvalue weighted by atomic mass is 16.5. The van der Waals surface area contributed by atoms with Crippen molar-refractivity contribution in [2.45, 2.75) is 32.2 Å². The second-order valence-electron chi connectivity index (χ2n) is 7.29. The van der Waals surface area contributed by atoms with E-state index < -0.39 is 0 Å². The fourth-order valence-electron chi connectivity index (χ4n) is 3.28. The number of pyridine rings is 1. The smallest absolute Gasteiger partial charge is 0.257 e. The number of hydrogen-bond donors (Lipinski definition) is 2. The number of aromatic nitrogens is 1. The van der Waals surface area contributed by atoms with E-state index in [0.717, 1.165) is 43.0 Å². The third kappa shape index (κ3) is 6.02. The molecule has 2 heterocycles. The van der Waals surface area contributed by atoms with Gasteiger partial charge in [0.2, 0.25) is 5.91 Å². The van der Waals surface area contributed by atoms with Crippen molar-refractivity contribution in [3.05, 3.63) is 53.7 Å². The topological polar surface area (TPSA) is 83.6 Å². The molecule has 0 radical (unpaired) electrons. The van der Waals surface area contributed by atoms with Gasteiger partial charge in [-0.25, -0.2) is 4.98 Å². The minimum atomic E-state index is -0.184. The molecular weight excluding hydrogens is 368 g/mol. The van der Waals surface area contributed by atoms with E-state index in [-0.39, 0.29) is 17.9 Å². The van der Waals surface area contributed by atoms with Crippen LogP contribution in [-0.2, 0) is 9.53 Å². The highest BCUT2D eigenvalue weighted by Gasteiger charge is 2.22. The number of nitrogens with one attached hydrogen (secondary N) is 2. The Morgan fingerprint density at radius 2 is 1.86 bits per heavy atom. The molecule has 154 valence electrons. The number of amides is 2. The maximum atomic E-state index is 12.4. The van der Waals surface area contributed by atoms with Gasteiger partial charge in [-0.05, 0) is 44.0 Å². The molecule has 0 unspecified atom stereocenters. The Balaban J connectivity index is 1.47. The first-order valence-corrected chi connectivity index (χ1v) is 9.92. The molecule has 1 fully saturated rings. The highest BCUT2D eigenvalue weighted by Crippen LogP contribution is 2.17. The van der Waals surface area contributed by atoms with Gasteiger partial charge in [-0.1, -0.05) is 17.7 Å². The molecule has 29 heavy (non-hydrogen) atoms. The van der Waals surface area contributed by atoms with Gasteiger partial charge in [-0.2, -0.15) is 0 Å². The van der Waals surface area contributed by atoms with E-state index in [4.69, 9.17) is 4.74 Å². The molecule has 3 rings (SSSR count). The summed E-state index contributed by atoms with van der Waals surface area (Å²) >= 11 is 0. The lowest BCUT2D eigenvalue weighted by Crippen LogP contribution is -2.42. The molecular formula is C22H28N4O3. The molecule has 1 aromatic carbocycles. The SMILES string of the molecule is COCCC(=O)N1CCC(Nc2ccc(C(=O)Nc3ccc(C)cc3)cn2)CC1. The number of benzene rings is 1. The Kier molecular flexibility index (Phi) is 7.19. The number of likely N-dealkylation sites (tertiary alicyclic amines) is 1. The van der Waals surface area contributed by atoms with Crippen LogP contribution in [0.2, 0.25) is 0 Å². The maximum absolute atomic E-state index is 12.4. The lowest BCUT2D eigenvalue weighted by Gasteiger charge is -2.32. The Hall–Kier alpha value is -2.93. The van der Waals surface area contributed by atoms with E-state index in [1.54, 1.807) is 19.4 Å². The van der Waals surface area contributed by atoms with Crippen LogP contribution < -0.4 is 10.6 Å². The Morgan fingerprint density at radius 3 is 2.48 bits per heavy atom. The maximum Gasteiger partial charge on any atom is 0.257 e. The standard InChI is InChI=1S/C22H28N4O3/c1-16-3-6-18(7-4-16)25-22(28)17-5-8-20(23-15-17)24-19-9-12-26(13-10-19)21(27)11-14-29-2/h3-8,15,19H,9-14H2,1-2H3,(H,23,24)(H,25,28). The fraction of sp³-hybridized carbons (Fsp3) is 0.409. The molecule has 0 spiro atoms. The first kappa shape index (κ1) is 20.8. The van der Waals surface area contributed by atoms with Crippen LogP contribution in [0.3, 0.4) is 0 Å². The summed E-state index contributed by atoms with van der Waals surface area (Å²) in [6.45, 7) is 3.93. The number of nitrogens with zero attached hydrogens (tertiary/aromatic N) is 2. The van der Waals surface area contributed by atoms with Gasteiger partial charge in [-0.15, -0.1) is 0 Å². The zero-order valence-corrected chi connectivity index (χ0v) is 17.0. The number of piperidine rings is 1. The predicted molar refractivity (Wildman–Crippen MR) is 113 cm³/mol. The molecule has 0 aliphatic carbocycles. The molecule has 2 N–H and O–H groups in total. The Morgan fingerprint density at radius 1 is 1.14 bits per heavy atom. The van der Waals surface area contributed by atoms with Crippen LogP contribution in [0, 0.1) is 6.92 Å². The first-order chi connectivity index (χ1) is 14.0. The van der Waals surface area contributed by atoms with Gasteiger partial charge in [0.15, 0.2) is 0 Å². The van der Waals surface area contributed by atoms with Crippen LogP contribution in [0.1, 0.15) is 35.2 Å². The highest BCUT2D eigenvalue weighted by molar-refractivity contribution is 6.04. The van der Waals surface area contributed by atoms with E-state index >= 15 is 0 Å². The minimum absolute atomic E-state index is 0.146. The molecule has 1 aliphatic rings. The normalized spacial score (nSPS) is 14.5. The van der Waals surface area contributed by atoms with Crippen molar-refractivity contribution in [1.82, 2.24) is 9.88 Å². The molecule has 7 nitrogen and oxygen atoms in total. The van der Waals surface area contributed by atoms with Crippen molar-refractivity contribution < 1.29 is 14.3 Å². The Labute approximate surface area is 171 Å². The van der Waals surface area contributed by atoms with Crippen molar-refractivity contribution in [1.29, 1.82) is 0 Å². The van der Waals surface area contributed by atoms with Gasteiger partial charge in [0.05, 0.1) is 18.6 Å². The first-order valence-electron chi connectivity index (χ1n) is 9.92. The number of aryl methyl sites for hydroxylation is 1. The van der Waals surface area contributed by atoms with Crippen LogP contribution in [0.15, 0.2) is 42.6 Å². The average Bonchev–Trinajstić information content (AvgIpc) is 2.74. The van der Waals surface area contributed by atoms with Gasteiger partial charge >= 0.3 is 0 Å². The predicted octanol–water partition coefficient (Wildman–Crippen LogP) is 3.08. The van der Waals surface area contributed by atoms with Gasteiger partial charge in [0.1, 0.15) is 5.82 Å². The summed E-state index contributed by atoms with van der Waals surface area (Å²) in [6.07, 6.45) is 3.75. The van der Waals surface area contributed by atoms with Crippen LogP contribution >= 0.6 is 0 Å². The van der Waals surface area contributed by atoms with Crippen molar-refractivity contribution in [2.24, 2.45) is 0 Å². The van der Waals surface area contributed by atoms with E-state index in [2.05, 4.69) is 15.6 Å². The number of hydrogen-bond acceptors (Lipinski definition) is 5. The van der Waals surface area contributed by atoms with Crippen molar-refractivity contribution in [3.8, 4) is 0 Å². The number of methoxy groups -OCH3 is 1. The molecule has 2 amide bonds. The second-order valence-corrected chi connectivity index (χ2v) is 7.29. The number of carbonyl (C=O) groups excluding carboxylic acids is 2. The zero-order chi connectivity index (χ0) is 20.6. The van der Waals surface area contributed by atoms with Crippen molar-refractivity contribution >= 4 is 23.3 Å². The van der Waals surface area contributed by atoms with E-state index in [1.165, 1.54) is 0 Å². The summed E-state index contributed by atoms with van der Waals surface area (Å²) in [6, 6.07) is 11.5. The molecule has 2 aromatic rings. The lowest BCUT2D eigenvalue weighted by atomic mass is 10.0. The van der Waals surface area contributed by atoms with E-state index in [0.29, 0.717) is 18.6 Å². The van der Waals surface area contributed by atoms with Gasteiger partial charge < -0.3 is 20.3 Å². The summed E-state index contributed by atoms with van der Waals surface area (Å²) in [5.41, 5.74) is 2.41. The van der Waals surface area contributed by atoms with Crippen LogP contribution in [0.4, 0.5) is 11.5 Å². The number of rotatable bonds is 7. The van der Waals surface area contributed by atoms with E-state index in [9.17, 15) is 9.59 Å². The van der Waals surface area contributed by atoms with Crippen LogP contribution in [0.25, 0.3) is 0 Å². The van der Waals surface area contributed by atoms with Crippen molar-refractivity contribution in [3.63, 3.8) is 0 Å². The molecule has 1 saturated heterocycles. The number of ether oxygens (including phenoxy) is 1. The third-order valence-electron chi connectivity index (χ3n) is 5.05. The molecule has 0 atom stereocenters. The quantitative estimate of drug-likeness (QED) is 0.751. The van der Waals surface area contributed by atoms with Gasteiger partial charge in [0.25, 0.3) is 5.91 Å². The molecule has 1 aliphatic heterocycles. The van der Waals surface area contributed by atoms with Crippen LogP contribution in [-0.4, -0.2) is 54.5 Å². The third-order valence-corrected chi connectivity index (χ3v) is 5.05. The number of anilines is 2. The zero-order valence-electron chi connectivity index (χ0n) is 17.0. The van der Waals surface area contributed by atoms with Gasteiger partial charge in [0, 0.05) is 38.1 Å². The molecule has 0 saturated carbocycles. The average molecular weight is 396 g/mol. The Bertz CT molecular complexity index is 813. The largest absolute Gasteiger partial charge is 0.384 e. The molecule has 0 bridgehead atoms. The number of carbonyl (C=O) groups is 2. The summed E-state index contributed by atoms with van der Waals surface area (Å²) in [7, 11) is 1.61. The van der Waals surface area contributed by atoms with E-state index in [1.807, 2.05) is 42.2 Å². The summed E-state index contributed by atoms with van der Waals surface area (Å²) in [5, 5.41) is 6.27. The molecule has 7 heteroatoms. The lowest BCUT2D eigenvalue weighted by molar-refractivity contribution is -0.133.